The summed E-state index contributed by atoms with van der Waals surface area (Å²) >= 11 is 3.46. The Morgan fingerprint density at radius 2 is 2.03 bits per heavy atom. The van der Waals surface area contributed by atoms with E-state index < -0.39 is 5.91 Å². The number of hydroxylamine groups is 2. The molecule has 1 amide bonds. The molecule has 0 radical (unpaired) electrons. The summed E-state index contributed by atoms with van der Waals surface area (Å²) < 4.78 is 19.4. The Hall–Kier alpha value is -3.26. The van der Waals surface area contributed by atoms with Crippen LogP contribution in [0.15, 0.2) is 69.3 Å². The van der Waals surface area contributed by atoms with Crippen LogP contribution in [0.3, 0.4) is 0 Å². The maximum absolute atomic E-state index is 13.0. The van der Waals surface area contributed by atoms with E-state index >= 15 is 0 Å². The minimum Gasteiger partial charge on any atom is -0.488 e. The van der Waals surface area contributed by atoms with Gasteiger partial charge in [0, 0.05) is 6.08 Å². The van der Waals surface area contributed by atoms with Crippen LogP contribution in [0.2, 0.25) is 0 Å². The average Bonchev–Trinajstić information content (AvgIpc) is 3.06. The first kappa shape index (κ1) is 19.1. The highest BCUT2D eigenvalue weighted by molar-refractivity contribution is 9.10. The van der Waals surface area contributed by atoms with Crippen molar-refractivity contribution in [2.45, 2.75) is 13.5 Å². The molecular formula is C21H15BrFN3O3. The lowest BCUT2D eigenvalue weighted by molar-refractivity contribution is -0.114. The van der Waals surface area contributed by atoms with Crippen molar-refractivity contribution >= 4 is 39.6 Å². The van der Waals surface area contributed by atoms with E-state index in [9.17, 15) is 9.18 Å². The molecule has 2 aromatic carbocycles. The Balaban J connectivity index is 1.51. The highest BCUT2D eigenvalue weighted by Crippen LogP contribution is 2.29. The third kappa shape index (κ3) is 3.97. The van der Waals surface area contributed by atoms with Gasteiger partial charge in [-0.15, -0.1) is 5.06 Å². The zero-order valence-electron chi connectivity index (χ0n) is 15.3. The standard InChI is InChI=1S/C21H15BrFN3O3/c1-12-8-19-25-21(27)16(20(24)26(19)29-12)9-14-4-7-18(17(22)10-14)28-11-13-2-5-15(23)6-3-13/h2-10,24H,11H2,1H3/b16-9+,24-20?. The van der Waals surface area contributed by atoms with Gasteiger partial charge in [-0.2, -0.15) is 4.99 Å². The van der Waals surface area contributed by atoms with Crippen molar-refractivity contribution < 1.29 is 18.8 Å². The largest absolute Gasteiger partial charge is 0.488 e. The van der Waals surface area contributed by atoms with Crippen molar-refractivity contribution in [3.05, 3.63) is 81.3 Å². The van der Waals surface area contributed by atoms with Crippen LogP contribution in [0.5, 0.6) is 5.75 Å². The summed E-state index contributed by atoms with van der Waals surface area (Å²) in [5, 5.41) is 9.47. The molecular weight excluding hydrogens is 441 g/mol. The maximum atomic E-state index is 13.0. The number of nitrogens with one attached hydrogen (secondary N) is 1. The molecule has 0 fully saturated rings. The fraction of sp³-hybridized carbons (Fsp3) is 0.0952. The Morgan fingerprint density at radius 1 is 1.28 bits per heavy atom. The average molecular weight is 456 g/mol. The second-order valence-electron chi connectivity index (χ2n) is 6.43. The van der Waals surface area contributed by atoms with E-state index in [1.807, 2.05) is 0 Å². The van der Waals surface area contributed by atoms with Crippen molar-refractivity contribution in [2.24, 2.45) is 4.99 Å². The molecule has 1 N–H and O–H groups in total. The first-order chi connectivity index (χ1) is 13.9. The number of hydrogen-bond acceptors (Lipinski definition) is 4. The van der Waals surface area contributed by atoms with Crippen LogP contribution in [0, 0.1) is 11.2 Å². The molecule has 0 saturated heterocycles. The number of carbonyl (C=O) groups excluding carboxylic acids is 1. The van der Waals surface area contributed by atoms with E-state index in [-0.39, 0.29) is 17.2 Å². The molecule has 8 heteroatoms. The zero-order valence-corrected chi connectivity index (χ0v) is 16.9. The molecule has 6 nitrogen and oxygen atoms in total. The number of fused-ring (bicyclic) bond motifs is 1. The molecule has 29 heavy (non-hydrogen) atoms. The minimum absolute atomic E-state index is 0.0686. The van der Waals surface area contributed by atoms with Crippen molar-refractivity contribution in [3.63, 3.8) is 0 Å². The van der Waals surface area contributed by atoms with Crippen LogP contribution in [-0.2, 0) is 16.2 Å². The van der Waals surface area contributed by atoms with Crippen LogP contribution in [0.1, 0.15) is 18.1 Å². The molecule has 0 bridgehead atoms. The molecule has 2 aliphatic heterocycles. The summed E-state index contributed by atoms with van der Waals surface area (Å²) in [4.78, 5) is 21.7. The van der Waals surface area contributed by atoms with Crippen LogP contribution in [-0.4, -0.2) is 22.6 Å². The molecule has 2 heterocycles. The molecule has 0 aliphatic carbocycles. The van der Waals surface area contributed by atoms with E-state index in [1.165, 1.54) is 17.2 Å². The summed E-state index contributed by atoms with van der Waals surface area (Å²) in [6, 6.07) is 11.4. The molecule has 0 aromatic heterocycles. The van der Waals surface area contributed by atoms with E-state index in [4.69, 9.17) is 15.0 Å². The molecule has 4 rings (SSSR count). The van der Waals surface area contributed by atoms with E-state index in [2.05, 4.69) is 20.9 Å². The maximum Gasteiger partial charge on any atom is 0.282 e. The third-order valence-corrected chi connectivity index (χ3v) is 4.87. The second-order valence-corrected chi connectivity index (χ2v) is 7.28. The van der Waals surface area contributed by atoms with Crippen molar-refractivity contribution in [1.82, 2.24) is 5.06 Å². The monoisotopic (exact) mass is 455 g/mol. The SMILES string of the molecule is CC1=CC2=NC(=O)/C(=C/c3ccc(OCc4ccc(F)cc4)c(Br)c3)C(=N)N2O1. The van der Waals surface area contributed by atoms with Crippen LogP contribution >= 0.6 is 15.9 Å². The highest BCUT2D eigenvalue weighted by atomic mass is 79.9. The summed E-state index contributed by atoms with van der Waals surface area (Å²) in [5.41, 5.74) is 1.67. The summed E-state index contributed by atoms with van der Waals surface area (Å²) in [7, 11) is 0. The molecule has 2 aliphatic rings. The highest BCUT2D eigenvalue weighted by Gasteiger charge is 2.34. The minimum atomic E-state index is -0.497. The molecule has 0 atom stereocenters. The number of nitrogens with zero attached hydrogens (tertiary/aromatic N) is 2. The lowest BCUT2D eigenvalue weighted by Gasteiger charge is -2.23. The Bertz CT molecular complexity index is 1110. The van der Waals surface area contributed by atoms with E-state index in [1.54, 1.807) is 49.4 Å². The Labute approximate surface area is 174 Å². The number of halogens is 2. The van der Waals surface area contributed by atoms with Crippen LogP contribution in [0.4, 0.5) is 4.39 Å². The summed E-state index contributed by atoms with van der Waals surface area (Å²) in [6.45, 7) is 2.02. The fourth-order valence-electron chi connectivity index (χ4n) is 2.83. The van der Waals surface area contributed by atoms with Crippen LogP contribution in [0.25, 0.3) is 6.08 Å². The molecule has 0 unspecified atom stereocenters. The lowest BCUT2D eigenvalue weighted by Crippen LogP contribution is -2.38. The number of amidine groups is 2. The lowest BCUT2D eigenvalue weighted by atomic mass is 10.1. The van der Waals surface area contributed by atoms with E-state index in [0.717, 1.165) is 5.56 Å². The number of amides is 1. The van der Waals surface area contributed by atoms with Crippen LogP contribution < -0.4 is 4.74 Å². The van der Waals surface area contributed by atoms with Gasteiger partial charge in [-0.05, 0) is 64.3 Å². The quantitative estimate of drug-likeness (QED) is 0.682. The van der Waals surface area contributed by atoms with Crippen molar-refractivity contribution in [2.75, 3.05) is 0 Å². The third-order valence-electron chi connectivity index (χ3n) is 4.25. The molecule has 146 valence electrons. The van der Waals surface area contributed by atoms with Crippen molar-refractivity contribution in [1.29, 1.82) is 5.41 Å². The van der Waals surface area contributed by atoms with Gasteiger partial charge in [0.1, 0.15) is 23.9 Å². The van der Waals surface area contributed by atoms with Gasteiger partial charge in [-0.25, -0.2) is 4.39 Å². The Morgan fingerprint density at radius 3 is 2.76 bits per heavy atom. The molecule has 0 saturated carbocycles. The summed E-state index contributed by atoms with van der Waals surface area (Å²) in [5.74, 6) is 0.610. The number of benzene rings is 2. The van der Waals surface area contributed by atoms with Gasteiger partial charge in [0.15, 0.2) is 11.7 Å². The normalized spacial score (nSPS) is 17.1. The van der Waals surface area contributed by atoms with Gasteiger partial charge >= 0.3 is 0 Å². The van der Waals surface area contributed by atoms with Crippen molar-refractivity contribution in [3.8, 4) is 5.75 Å². The van der Waals surface area contributed by atoms with Gasteiger partial charge < -0.3 is 9.57 Å². The first-order valence-corrected chi connectivity index (χ1v) is 9.47. The molecule has 0 spiro atoms. The first-order valence-electron chi connectivity index (χ1n) is 8.67. The second kappa shape index (κ2) is 7.63. The number of allylic oxidation sites excluding steroid dienone is 1. The number of carbonyl (C=O) groups is 1. The van der Waals surface area contributed by atoms with Gasteiger partial charge in [0.25, 0.3) is 5.91 Å². The smallest absolute Gasteiger partial charge is 0.282 e. The number of rotatable bonds is 4. The fourth-order valence-corrected chi connectivity index (χ4v) is 3.34. The van der Waals surface area contributed by atoms with Gasteiger partial charge in [0.05, 0.1) is 10.0 Å². The van der Waals surface area contributed by atoms with Gasteiger partial charge in [-0.1, -0.05) is 18.2 Å². The summed E-state index contributed by atoms with van der Waals surface area (Å²) in [6.07, 6.45) is 3.18. The topological polar surface area (TPSA) is 75.0 Å². The number of ether oxygens (including phenoxy) is 1. The predicted molar refractivity (Wildman–Crippen MR) is 110 cm³/mol. The zero-order chi connectivity index (χ0) is 20.5. The molecule has 2 aromatic rings. The number of hydrogen-bond donors (Lipinski definition) is 1. The van der Waals surface area contributed by atoms with Gasteiger partial charge in [-0.3, -0.25) is 10.2 Å². The van der Waals surface area contributed by atoms with Gasteiger partial charge in [0.2, 0.25) is 0 Å². The Kier molecular flexibility index (Phi) is 5.02. The predicted octanol–water partition coefficient (Wildman–Crippen LogP) is 4.62. The van der Waals surface area contributed by atoms with E-state index in [0.29, 0.717) is 34.0 Å². The number of aliphatic imine (C=N–C) groups is 1.